The summed E-state index contributed by atoms with van der Waals surface area (Å²) in [6.45, 7) is 5.80. The van der Waals surface area contributed by atoms with E-state index in [9.17, 15) is 9.59 Å². The highest BCUT2D eigenvalue weighted by molar-refractivity contribution is 5.80. The van der Waals surface area contributed by atoms with Crippen LogP contribution in [0.3, 0.4) is 0 Å². The fourth-order valence-corrected chi connectivity index (χ4v) is 4.21. The molecule has 0 fully saturated rings. The van der Waals surface area contributed by atoms with E-state index in [-0.39, 0.29) is 6.54 Å². The van der Waals surface area contributed by atoms with Crippen LogP contribution in [-0.2, 0) is 13.6 Å². The van der Waals surface area contributed by atoms with Gasteiger partial charge in [-0.2, -0.15) is 4.98 Å². The van der Waals surface area contributed by atoms with E-state index in [4.69, 9.17) is 9.72 Å². The highest BCUT2D eigenvalue weighted by atomic mass is 16.5. The normalized spacial score (nSPS) is 11.4. The first-order valence-electron chi connectivity index (χ1n) is 10.5. The molecule has 2 aromatic carbocycles. The Bertz CT molecular complexity index is 1650. The Hall–Kier alpha value is -4.33. The quantitative estimate of drug-likeness (QED) is 0.392. The number of hydrogen-bond acceptors (Lipinski definition) is 4. The van der Waals surface area contributed by atoms with Gasteiger partial charge in [-0.15, -0.1) is 6.58 Å². The van der Waals surface area contributed by atoms with Crippen LogP contribution in [0.25, 0.3) is 33.9 Å². The lowest BCUT2D eigenvalue weighted by Crippen LogP contribution is -2.39. The molecule has 0 aliphatic carbocycles. The lowest BCUT2D eigenvalue weighted by molar-refractivity contribution is 0.413. The van der Waals surface area contributed by atoms with Gasteiger partial charge in [-0.3, -0.25) is 22.9 Å². The highest BCUT2D eigenvalue weighted by Gasteiger charge is 2.23. The Morgan fingerprint density at radius 2 is 1.88 bits per heavy atom. The number of nitrogens with zero attached hydrogens (tertiary/aromatic N) is 5. The second kappa shape index (κ2) is 7.67. The molecule has 0 radical (unpaired) electrons. The first kappa shape index (κ1) is 20.6. The summed E-state index contributed by atoms with van der Waals surface area (Å²) in [6.07, 6.45) is 3.41. The molecule has 166 valence electrons. The summed E-state index contributed by atoms with van der Waals surface area (Å²) in [4.78, 5) is 30.9. The molecular formula is C25H23N5O3. The zero-order chi connectivity index (χ0) is 23.3. The molecule has 0 aliphatic rings. The summed E-state index contributed by atoms with van der Waals surface area (Å²) in [5.41, 5.74) is 3.44. The van der Waals surface area contributed by atoms with Crippen LogP contribution >= 0.6 is 0 Å². The first-order chi connectivity index (χ1) is 16.0. The monoisotopic (exact) mass is 441 g/mol. The number of aryl methyl sites for hydroxylation is 2. The van der Waals surface area contributed by atoms with Gasteiger partial charge in [-0.05, 0) is 24.6 Å². The number of rotatable bonds is 5. The number of benzene rings is 2. The fourth-order valence-electron chi connectivity index (χ4n) is 4.21. The van der Waals surface area contributed by atoms with E-state index in [1.165, 1.54) is 10.6 Å². The largest absolute Gasteiger partial charge is 0.495 e. The van der Waals surface area contributed by atoms with Gasteiger partial charge in [-0.25, -0.2) is 4.79 Å². The Balaban J connectivity index is 1.99. The van der Waals surface area contributed by atoms with Crippen LogP contribution in [0.5, 0.6) is 5.75 Å². The molecule has 0 unspecified atom stereocenters. The number of allylic oxidation sites excluding steroid dienone is 1. The summed E-state index contributed by atoms with van der Waals surface area (Å²) in [5.74, 6) is 1.18. The van der Waals surface area contributed by atoms with Gasteiger partial charge < -0.3 is 4.74 Å². The smallest absolute Gasteiger partial charge is 0.332 e. The van der Waals surface area contributed by atoms with Crippen molar-refractivity contribution in [2.24, 2.45) is 7.05 Å². The number of methoxy groups -OCH3 is 1. The van der Waals surface area contributed by atoms with Gasteiger partial charge in [0.15, 0.2) is 11.2 Å². The second-order valence-electron chi connectivity index (χ2n) is 7.89. The van der Waals surface area contributed by atoms with Crippen molar-refractivity contribution in [2.75, 3.05) is 7.11 Å². The SMILES string of the molecule is C=CCn1c(=O)c2c(nc3n(-c4cc(C)ccc4OC)c(-c4ccccc4)cn23)n(C)c1=O. The minimum atomic E-state index is -0.434. The molecular weight excluding hydrogens is 418 g/mol. The minimum Gasteiger partial charge on any atom is -0.495 e. The van der Waals surface area contributed by atoms with E-state index in [1.807, 2.05) is 66.2 Å². The van der Waals surface area contributed by atoms with Crippen LogP contribution in [0.4, 0.5) is 0 Å². The lowest BCUT2D eigenvalue weighted by Gasteiger charge is -2.14. The molecule has 33 heavy (non-hydrogen) atoms. The predicted molar refractivity (Wildman–Crippen MR) is 128 cm³/mol. The molecule has 3 heterocycles. The molecule has 0 saturated heterocycles. The lowest BCUT2D eigenvalue weighted by atomic mass is 10.1. The maximum absolute atomic E-state index is 13.3. The highest BCUT2D eigenvalue weighted by Crippen LogP contribution is 2.33. The molecule has 5 aromatic rings. The van der Waals surface area contributed by atoms with Crippen LogP contribution in [0, 0.1) is 6.92 Å². The maximum atomic E-state index is 13.3. The Kier molecular flexibility index (Phi) is 4.78. The zero-order valence-corrected chi connectivity index (χ0v) is 18.6. The maximum Gasteiger partial charge on any atom is 0.332 e. The number of hydrogen-bond donors (Lipinski definition) is 0. The third-order valence-electron chi connectivity index (χ3n) is 5.81. The van der Waals surface area contributed by atoms with Crippen LogP contribution in [0.2, 0.25) is 0 Å². The Labute approximate surface area is 189 Å². The molecule has 0 amide bonds. The van der Waals surface area contributed by atoms with Crippen LogP contribution in [0.15, 0.2) is 77.0 Å². The van der Waals surface area contributed by atoms with Gasteiger partial charge in [0.05, 0.1) is 18.5 Å². The number of ether oxygens (including phenoxy) is 1. The first-order valence-corrected chi connectivity index (χ1v) is 10.5. The third kappa shape index (κ3) is 3.02. The summed E-state index contributed by atoms with van der Waals surface area (Å²) in [5, 5.41) is 0. The number of imidazole rings is 2. The molecule has 0 N–H and O–H groups in total. The van der Waals surface area contributed by atoms with Crippen molar-refractivity contribution in [3.05, 3.63) is 93.8 Å². The molecule has 3 aromatic heterocycles. The summed E-state index contributed by atoms with van der Waals surface area (Å²) in [6, 6.07) is 15.8. The van der Waals surface area contributed by atoms with Crippen molar-refractivity contribution >= 4 is 16.9 Å². The van der Waals surface area contributed by atoms with E-state index >= 15 is 0 Å². The van der Waals surface area contributed by atoms with Crippen molar-refractivity contribution < 1.29 is 4.74 Å². The topological polar surface area (TPSA) is 75.5 Å². The van der Waals surface area contributed by atoms with Gasteiger partial charge in [0.2, 0.25) is 5.78 Å². The zero-order valence-electron chi connectivity index (χ0n) is 18.6. The van der Waals surface area contributed by atoms with Crippen molar-refractivity contribution in [2.45, 2.75) is 13.5 Å². The molecule has 0 spiro atoms. The summed E-state index contributed by atoms with van der Waals surface area (Å²) in [7, 11) is 3.24. The van der Waals surface area contributed by atoms with Crippen LogP contribution in [-0.4, -0.2) is 30.2 Å². The number of aromatic nitrogens is 5. The predicted octanol–water partition coefficient (Wildman–Crippen LogP) is 3.31. The average Bonchev–Trinajstić information content (AvgIpc) is 3.37. The van der Waals surface area contributed by atoms with E-state index in [1.54, 1.807) is 18.6 Å². The van der Waals surface area contributed by atoms with Gasteiger partial charge in [0.1, 0.15) is 5.75 Å². The van der Waals surface area contributed by atoms with Crippen LogP contribution < -0.4 is 16.0 Å². The van der Waals surface area contributed by atoms with E-state index in [2.05, 4.69) is 6.58 Å². The molecule has 8 heteroatoms. The molecule has 8 nitrogen and oxygen atoms in total. The van der Waals surface area contributed by atoms with E-state index < -0.39 is 11.2 Å². The summed E-state index contributed by atoms with van der Waals surface area (Å²) >= 11 is 0. The van der Waals surface area contributed by atoms with Gasteiger partial charge in [0, 0.05) is 25.4 Å². The van der Waals surface area contributed by atoms with Crippen molar-refractivity contribution in [1.29, 1.82) is 0 Å². The fraction of sp³-hybridized carbons (Fsp3) is 0.160. The van der Waals surface area contributed by atoms with Gasteiger partial charge in [-0.1, -0.05) is 42.5 Å². The average molecular weight is 441 g/mol. The Morgan fingerprint density at radius 1 is 1.12 bits per heavy atom. The third-order valence-corrected chi connectivity index (χ3v) is 5.81. The molecule has 0 saturated carbocycles. The second-order valence-corrected chi connectivity index (χ2v) is 7.89. The summed E-state index contributed by atoms with van der Waals surface area (Å²) < 4.78 is 11.9. The molecule has 0 aliphatic heterocycles. The standard InChI is InChI=1S/C25H23N5O3/c1-5-13-28-23(31)21-22(27(3)25(28)32)26-24-29(21)15-19(17-9-7-6-8-10-17)30(24)18-14-16(2)11-12-20(18)33-4/h5-12,14-15H,1,13H2,2-4H3. The van der Waals surface area contributed by atoms with E-state index in [0.717, 1.165) is 27.1 Å². The van der Waals surface area contributed by atoms with E-state index in [0.29, 0.717) is 22.7 Å². The molecule has 0 bridgehead atoms. The van der Waals surface area contributed by atoms with Crippen molar-refractivity contribution in [3.63, 3.8) is 0 Å². The van der Waals surface area contributed by atoms with Crippen LogP contribution in [0.1, 0.15) is 5.56 Å². The van der Waals surface area contributed by atoms with Gasteiger partial charge >= 0.3 is 5.69 Å². The van der Waals surface area contributed by atoms with Crippen molar-refractivity contribution in [1.82, 2.24) is 23.1 Å². The van der Waals surface area contributed by atoms with Gasteiger partial charge in [0.25, 0.3) is 5.56 Å². The minimum absolute atomic E-state index is 0.118. The number of fused-ring (bicyclic) bond motifs is 3. The Morgan fingerprint density at radius 3 is 2.58 bits per heavy atom. The molecule has 0 atom stereocenters. The molecule has 5 rings (SSSR count). The van der Waals surface area contributed by atoms with Crippen molar-refractivity contribution in [3.8, 4) is 22.7 Å².